The summed E-state index contributed by atoms with van der Waals surface area (Å²) >= 11 is 0. The van der Waals surface area contributed by atoms with Crippen LogP contribution in [0.1, 0.15) is 54.4 Å². The van der Waals surface area contributed by atoms with Crippen LogP contribution in [0.5, 0.6) is 11.5 Å². The van der Waals surface area contributed by atoms with Gasteiger partial charge in [-0.15, -0.1) is 10.2 Å². The maximum absolute atomic E-state index is 13.3. The van der Waals surface area contributed by atoms with Crippen molar-refractivity contribution in [1.82, 2.24) is 29.9 Å². The van der Waals surface area contributed by atoms with Gasteiger partial charge in [0.05, 0.1) is 18.8 Å². The fourth-order valence-corrected chi connectivity index (χ4v) is 5.27. The Labute approximate surface area is 229 Å². The Morgan fingerprint density at radius 2 is 1.69 bits per heavy atom. The van der Waals surface area contributed by atoms with Gasteiger partial charge in [0, 0.05) is 44.5 Å². The summed E-state index contributed by atoms with van der Waals surface area (Å²) in [5.41, 5.74) is 2.94. The van der Waals surface area contributed by atoms with Gasteiger partial charge in [0.1, 0.15) is 11.5 Å². The molecule has 2 saturated heterocycles. The minimum Gasteiger partial charge on any atom is -0.508 e. The van der Waals surface area contributed by atoms with Crippen LogP contribution in [-0.2, 0) is 11.3 Å². The zero-order chi connectivity index (χ0) is 27.4. The number of aromatic hydroxyl groups is 2. The normalized spacial score (nSPS) is 16.7. The molecular formula is C29H38N6O4. The number of hydrogen-bond acceptors (Lipinski definition) is 8. The third kappa shape index (κ3) is 6.24. The number of aromatic nitrogens is 3. The van der Waals surface area contributed by atoms with Crippen LogP contribution in [0, 0.1) is 0 Å². The Morgan fingerprint density at radius 1 is 0.974 bits per heavy atom. The SMILES string of the molecule is CC(C)c1cc(-c2nnc(C(=O)NCCN3CCCC3)n2-c2ccc(CN3CCOCC3)cc2)c(O)cc1O. The van der Waals surface area contributed by atoms with Crippen molar-refractivity contribution in [3.8, 4) is 28.6 Å². The van der Waals surface area contributed by atoms with E-state index in [0.29, 0.717) is 29.2 Å². The van der Waals surface area contributed by atoms with Crippen LogP contribution in [-0.4, -0.2) is 93.2 Å². The van der Waals surface area contributed by atoms with Crippen molar-refractivity contribution in [2.45, 2.75) is 39.2 Å². The molecule has 1 aromatic heterocycles. The first kappa shape index (κ1) is 27.1. The molecule has 208 valence electrons. The Hall–Kier alpha value is -3.47. The number of morpholine rings is 1. The minimum absolute atomic E-state index is 0.0182. The quantitative estimate of drug-likeness (QED) is 0.384. The lowest BCUT2D eigenvalue weighted by Crippen LogP contribution is -2.35. The molecule has 0 saturated carbocycles. The Bertz CT molecular complexity index is 1280. The predicted molar refractivity (Wildman–Crippen MR) is 148 cm³/mol. The first-order chi connectivity index (χ1) is 18.9. The molecule has 3 aromatic rings. The third-order valence-electron chi connectivity index (χ3n) is 7.49. The molecule has 2 fully saturated rings. The van der Waals surface area contributed by atoms with Crippen LogP contribution in [0.2, 0.25) is 0 Å². The number of nitrogens with zero attached hydrogens (tertiary/aromatic N) is 5. The second-order valence-corrected chi connectivity index (χ2v) is 10.6. The molecule has 0 atom stereocenters. The fourth-order valence-electron chi connectivity index (χ4n) is 5.27. The molecule has 1 amide bonds. The van der Waals surface area contributed by atoms with Gasteiger partial charge < -0.3 is 25.2 Å². The van der Waals surface area contributed by atoms with Crippen molar-refractivity contribution in [1.29, 1.82) is 0 Å². The number of amides is 1. The van der Waals surface area contributed by atoms with Gasteiger partial charge in [-0.1, -0.05) is 26.0 Å². The summed E-state index contributed by atoms with van der Waals surface area (Å²) in [4.78, 5) is 18.0. The van der Waals surface area contributed by atoms with Gasteiger partial charge in [0.2, 0.25) is 5.82 Å². The van der Waals surface area contributed by atoms with Gasteiger partial charge >= 0.3 is 0 Å². The molecule has 0 radical (unpaired) electrons. The number of phenols is 2. The van der Waals surface area contributed by atoms with E-state index in [1.165, 1.54) is 18.9 Å². The highest BCUT2D eigenvalue weighted by Crippen LogP contribution is 2.38. The van der Waals surface area contributed by atoms with E-state index < -0.39 is 0 Å². The number of phenolic OH excluding ortho intramolecular Hbond substituents is 2. The lowest BCUT2D eigenvalue weighted by Gasteiger charge is -2.26. The van der Waals surface area contributed by atoms with Gasteiger partial charge in [-0.05, 0) is 61.2 Å². The number of carbonyl (C=O) groups excluding carboxylic acids is 1. The maximum atomic E-state index is 13.3. The average molecular weight is 535 g/mol. The van der Waals surface area contributed by atoms with Crippen LogP contribution >= 0.6 is 0 Å². The number of likely N-dealkylation sites (tertiary alicyclic amines) is 1. The van der Waals surface area contributed by atoms with Crippen molar-refractivity contribution in [3.63, 3.8) is 0 Å². The molecule has 2 aliphatic heterocycles. The highest BCUT2D eigenvalue weighted by atomic mass is 16.5. The predicted octanol–water partition coefficient (Wildman–Crippen LogP) is 3.13. The van der Waals surface area contributed by atoms with E-state index in [1.807, 2.05) is 38.1 Å². The van der Waals surface area contributed by atoms with Gasteiger partial charge in [-0.25, -0.2) is 0 Å². The van der Waals surface area contributed by atoms with Gasteiger partial charge in [0.25, 0.3) is 5.91 Å². The number of hydrogen-bond donors (Lipinski definition) is 3. The Kier molecular flexibility index (Phi) is 8.44. The van der Waals surface area contributed by atoms with Crippen molar-refractivity contribution >= 4 is 5.91 Å². The molecule has 10 heteroatoms. The zero-order valence-electron chi connectivity index (χ0n) is 22.8. The van der Waals surface area contributed by atoms with Crippen LogP contribution in [0.15, 0.2) is 36.4 Å². The molecule has 3 N–H and O–H groups in total. The topological polar surface area (TPSA) is 116 Å². The van der Waals surface area contributed by atoms with E-state index >= 15 is 0 Å². The van der Waals surface area contributed by atoms with E-state index in [2.05, 4.69) is 25.3 Å². The summed E-state index contributed by atoms with van der Waals surface area (Å²) in [5.74, 6) is 0.0623. The molecule has 0 unspecified atom stereocenters. The lowest BCUT2D eigenvalue weighted by molar-refractivity contribution is 0.0342. The standard InChI is InChI=1S/C29H38N6O4/c1-20(2)23-17-24(26(37)18-25(23)36)27-31-32-28(29(38)30-9-12-33-10-3-4-11-33)35(27)22-7-5-21(6-8-22)19-34-13-15-39-16-14-34/h5-8,17-18,20,36-37H,3-4,9-16,19H2,1-2H3,(H,30,38). The van der Waals surface area contributed by atoms with E-state index in [-0.39, 0.29) is 29.1 Å². The maximum Gasteiger partial charge on any atom is 0.289 e. The van der Waals surface area contributed by atoms with E-state index in [9.17, 15) is 15.0 Å². The number of benzene rings is 2. The van der Waals surface area contributed by atoms with Crippen molar-refractivity contribution in [2.75, 3.05) is 52.5 Å². The number of rotatable bonds is 9. The van der Waals surface area contributed by atoms with Crippen LogP contribution in [0.4, 0.5) is 0 Å². The smallest absolute Gasteiger partial charge is 0.289 e. The van der Waals surface area contributed by atoms with Crippen LogP contribution < -0.4 is 5.32 Å². The summed E-state index contributed by atoms with van der Waals surface area (Å²) in [6.07, 6.45) is 2.39. The molecule has 3 heterocycles. The van der Waals surface area contributed by atoms with Crippen LogP contribution in [0.3, 0.4) is 0 Å². The monoisotopic (exact) mass is 534 g/mol. The highest BCUT2D eigenvalue weighted by Gasteiger charge is 2.25. The molecule has 0 bridgehead atoms. The second-order valence-electron chi connectivity index (χ2n) is 10.6. The summed E-state index contributed by atoms with van der Waals surface area (Å²) in [7, 11) is 0. The van der Waals surface area contributed by atoms with Crippen molar-refractivity contribution < 1.29 is 19.7 Å². The Balaban J connectivity index is 1.47. The van der Waals surface area contributed by atoms with E-state index in [0.717, 1.165) is 58.0 Å². The summed E-state index contributed by atoms with van der Waals surface area (Å²) in [5, 5.41) is 32.8. The van der Waals surface area contributed by atoms with Crippen LogP contribution in [0.25, 0.3) is 17.1 Å². The van der Waals surface area contributed by atoms with E-state index in [1.54, 1.807) is 10.6 Å². The van der Waals surface area contributed by atoms with Crippen molar-refractivity contribution in [2.24, 2.45) is 0 Å². The van der Waals surface area contributed by atoms with Gasteiger partial charge in [-0.2, -0.15) is 0 Å². The summed E-state index contributed by atoms with van der Waals surface area (Å²) in [6.45, 7) is 11.5. The lowest BCUT2D eigenvalue weighted by atomic mass is 9.98. The van der Waals surface area contributed by atoms with E-state index in [4.69, 9.17) is 4.74 Å². The second kappa shape index (κ2) is 12.1. The first-order valence-electron chi connectivity index (χ1n) is 13.8. The number of ether oxygens (including phenoxy) is 1. The molecule has 5 rings (SSSR count). The largest absolute Gasteiger partial charge is 0.508 e. The number of carbonyl (C=O) groups is 1. The third-order valence-corrected chi connectivity index (χ3v) is 7.49. The fraction of sp³-hybridized carbons (Fsp3) is 0.483. The molecule has 0 aliphatic carbocycles. The summed E-state index contributed by atoms with van der Waals surface area (Å²) < 4.78 is 7.14. The first-order valence-corrected chi connectivity index (χ1v) is 13.8. The van der Waals surface area contributed by atoms with Gasteiger partial charge in [-0.3, -0.25) is 14.3 Å². The minimum atomic E-state index is -0.326. The molecule has 2 aliphatic rings. The Morgan fingerprint density at radius 3 is 2.38 bits per heavy atom. The van der Waals surface area contributed by atoms with Gasteiger partial charge in [0.15, 0.2) is 5.82 Å². The van der Waals surface area contributed by atoms with Crippen molar-refractivity contribution in [3.05, 3.63) is 53.3 Å². The zero-order valence-corrected chi connectivity index (χ0v) is 22.8. The molecule has 2 aromatic carbocycles. The average Bonchev–Trinajstić information content (AvgIpc) is 3.60. The molecular weight excluding hydrogens is 496 g/mol. The summed E-state index contributed by atoms with van der Waals surface area (Å²) in [6, 6.07) is 11.0. The molecule has 39 heavy (non-hydrogen) atoms. The molecule has 0 spiro atoms. The highest BCUT2D eigenvalue weighted by molar-refractivity contribution is 5.92. The number of nitrogens with one attached hydrogen (secondary N) is 1. The molecule has 10 nitrogen and oxygen atoms in total.